The number of hydrogen-bond donors (Lipinski definition) is 2. The minimum absolute atomic E-state index is 0.0702. The first-order chi connectivity index (χ1) is 9.93. The van der Waals surface area contributed by atoms with Gasteiger partial charge < -0.3 is 15.4 Å². The molecule has 1 rings (SSSR count). The van der Waals surface area contributed by atoms with Crippen LogP contribution in [-0.2, 0) is 11.3 Å². The van der Waals surface area contributed by atoms with Crippen LogP contribution in [-0.4, -0.2) is 25.6 Å². The van der Waals surface area contributed by atoms with E-state index in [0.29, 0.717) is 12.5 Å². The topological polar surface area (TPSA) is 50.4 Å². The van der Waals surface area contributed by atoms with E-state index in [1.54, 1.807) is 0 Å². The second-order valence-corrected chi connectivity index (χ2v) is 5.83. The molecule has 0 radical (unpaired) electrons. The number of hydrogen-bond acceptors (Lipinski definition) is 3. The third-order valence-electron chi connectivity index (χ3n) is 3.15. The second-order valence-electron chi connectivity index (χ2n) is 5.83. The van der Waals surface area contributed by atoms with Crippen LogP contribution in [0.15, 0.2) is 12.1 Å². The van der Waals surface area contributed by atoms with Gasteiger partial charge >= 0.3 is 0 Å². The first-order valence-electron chi connectivity index (χ1n) is 7.64. The quantitative estimate of drug-likeness (QED) is 0.774. The predicted octanol–water partition coefficient (Wildman–Crippen LogP) is 2.56. The zero-order valence-corrected chi connectivity index (χ0v) is 13.9. The highest BCUT2D eigenvalue weighted by Gasteiger charge is 2.09. The van der Waals surface area contributed by atoms with Crippen LogP contribution in [0.5, 0.6) is 5.75 Å². The number of nitrogens with one attached hydrogen (secondary N) is 2. The van der Waals surface area contributed by atoms with Crippen molar-refractivity contribution in [3.63, 3.8) is 0 Å². The van der Waals surface area contributed by atoms with Gasteiger partial charge in [0, 0.05) is 13.1 Å². The van der Waals surface area contributed by atoms with Gasteiger partial charge in [-0.2, -0.15) is 0 Å². The van der Waals surface area contributed by atoms with Crippen molar-refractivity contribution in [3.05, 3.63) is 28.8 Å². The Balaban J connectivity index is 2.61. The molecule has 0 atom stereocenters. The zero-order valence-electron chi connectivity index (χ0n) is 13.9. The summed E-state index contributed by atoms with van der Waals surface area (Å²) in [4.78, 5) is 11.7. The number of amides is 1. The molecule has 1 aromatic carbocycles. The maximum absolute atomic E-state index is 11.7. The van der Waals surface area contributed by atoms with Crippen molar-refractivity contribution in [2.45, 2.75) is 41.2 Å². The van der Waals surface area contributed by atoms with Crippen molar-refractivity contribution < 1.29 is 9.53 Å². The Bertz CT molecular complexity index is 447. The van der Waals surface area contributed by atoms with E-state index in [4.69, 9.17) is 4.74 Å². The van der Waals surface area contributed by atoms with Crippen molar-refractivity contribution in [2.75, 3.05) is 19.7 Å². The summed E-state index contributed by atoms with van der Waals surface area (Å²) in [6.45, 7) is 12.8. The number of aryl methyl sites for hydroxylation is 2. The summed E-state index contributed by atoms with van der Waals surface area (Å²) in [5.74, 6) is 1.19. The van der Waals surface area contributed by atoms with Gasteiger partial charge in [-0.05, 0) is 43.0 Å². The minimum atomic E-state index is -0.0702. The lowest BCUT2D eigenvalue weighted by Crippen LogP contribution is -2.31. The van der Waals surface area contributed by atoms with Gasteiger partial charge in [0.05, 0.1) is 0 Å². The van der Waals surface area contributed by atoms with Crippen molar-refractivity contribution in [3.8, 4) is 5.75 Å². The van der Waals surface area contributed by atoms with Crippen molar-refractivity contribution >= 4 is 5.91 Å². The summed E-state index contributed by atoms with van der Waals surface area (Å²) in [7, 11) is 0. The van der Waals surface area contributed by atoms with E-state index in [1.807, 2.05) is 13.8 Å². The molecule has 0 unspecified atom stereocenters. The van der Waals surface area contributed by atoms with Crippen LogP contribution >= 0.6 is 0 Å². The fourth-order valence-corrected chi connectivity index (χ4v) is 2.15. The molecule has 0 aliphatic heterocycles. The van der Waals surface area contributed by atoms with Gasteiger partial charge in [-0.15, -0.1) is 0 Å². The SMILES string of the molecule is CCNCc1cc(C)c(OCC(=O)NCC(C)C)c(C)c1. The van der Waals surface area contributed by atoms with Gasteiger partial charge in [-0.1, -0.05) is 32.9 Å². The van der Waals surface area contributed by atoms with Gasteiger partial charge in [-0.25, -0.2) is 0 Å². The third-order valence-corrected chi connectivity index (χ3v) is 3.15. The molecule has 0 heterocycles. The summed E-state index contributed by atoms with van der Waals surface area (Å²) in [5.41, 5.74) is 3.38. The highest BCUT2D eigenvalue weighted by molar-refractivity contribution is 5.77. The molecule has 4 nitrogen and oxygen atoms in total. The van der Waals surface area contributed by atoms with Crippen LogP contribution < -0.4 is 15.4 Å². The van der Waals surface area contributed by atoms with E-state index in [9.17, 15) is 4.79 Å². The van der Waals surface area contributed by atoms with Crippen molar-refractivity contribution in [1.82, 2.24) is 10.6 Å². The molecule has 0 spiro atoms. The monoisotopic (exact) mass is 292 g/mol. The Labute approximate surface area is 128 Å². The molecule has 0 aliphatic rings. The molecule has 0 bridgehead atoms. The zero-order chi connectivity index (χ0) is 15.8. The summed E-state index contributed by atoms with van der Waals surface area (Å²) >= 11 is 0. The molecular formula is C17H28N2O2. The first kappa shape index (κ1) is 17.5. The van der Waals surface area contributed by atoms with Crippen molar-refractivity contribution in [2.24, 2.45) is 5.92 Å². The molecule has 21 heavy (non-hydrogen) atoms. The number of carbonyl (C=O) groups excluding carboxylic acids is 1. The average Bonchev–Trinajstić information content (AvgIpc) is 2.41. The van der Waals surface area contributed by atoms with E-state index in [2.05, 4.69) is 43.5 Å². The van der Waals surface area contributed by atoms with E-state index in [0.717, 1.165) is 30.0 Å². The van der Waals surface area contributed by atoms with Gasteiger partial charge in [0.25, 0.3) is 5.91 Å². The minimum Gasteiger partial charge on any atom is -0.483 e. The van der Waals surface area contributed by atoms with Crippen LogP contribution in [0.4, 0.5) is 0 Å². The lowest BCUT2D eigenvalue weighted by molar-refractivity contribution is -0.123. The highest BCUT2D eigenvalue weighted by atomic mass is 16.5. The molecule has 2 N–H and O–H groups in total. The number of rotatable bonds is 8. The molecule has 1 aromatic rings. The second kappa shape index (κ2) is 8.67. The molecule has 4 heteroatoms. The van der Waals surface area contributed by atoms with Gasteiger partial charge in [0.1, 0.15) is 5.75 Å². The fraction of sp³-hybridized carbons (Fsp3) is 0.588. The summed E-state index contributed by atoms with van der Waals surface area (Å²) in [6.07, 6.45) is 0. The normalized spacial score (nSPS) is 10.8. The maximum atomic E-state index is 11.7. The Morgan fingerprint density at radius 1 is 1.24 bits per heavy atom. The van der Waals surface area contributed by atoms with E-state index >= 15 is 0 Å². The first-order valence-corrected chi connectivity index (χ1v) is 7.64. The van der Waals surface area contributed by atoms with Crippen molar-refractivity contribution in [1.29, 1.82) is 0 Å². The predicted molar refractivity (Wildman–Crippen MR) is 86.6 cm³/mol. The molecule has 0 saturated carbocycles. The third kappa shape index (κ3) is 6.17. The maximum Gasteiger partial charge on any atom is 0.257 e. The number of ether oxygens (including phenoxy) is 1. The van der Waals surface area contributed by atoms with Crippen LogP contribution in [0.1, 0.15) is 37.5 Å². The summed E-state index contributed by atoms with van der Waals surface area (Å²) in [5, 5.41) is 6.17. The molecule has 118 valence electrons. The summed E-state index contributed by atoms with van der Waals surface area (Å²) < 4.78 is 5.69. The Morgan fingerprint density at radius 2 is 1.86 bits per heavy atom. The Morgan fingerprint density at radius 3 is 2.38 bits per heavy atom. The van der Waals surface area contributed by atoms with Crippen LogP contribution in [0.2, 0.25) is 0 Å². The molecule has 0 fully saturated rings. The van der Waals surface area contributed by atoms with Gasteiger partial charge in [-0.3, -0.25) is 4.79 Å². The largest absolute Gasteiger partial charge is 0.483 e. The lowest BCUT2D eigenvalue weighted by atomic mass is 10.1. The van der Waals surface area contributed by atoms with Crippen LogP contribution in [0, 0.1) is 19.8 Å². The smallest absolute Gasteiger partial charge is 0.257 e. The van der Waals surface area contributed by atoms with Crippen LogP contribution in [0.25, 0.3) is 0 Å². The molecule has 0 aromatic heterocycles. The highest BCUT2D eigenvalue weighted by Crippen LogP contribution is 2.24. The van der Waals surface area contributed by atoms with E-state index in [1.165, 1.54) is 5.56 Å². The molecular weight excluding hydrogens is 264 g/mol. The number of benzene rings is 1. The molecule has 0 saturated heterocycles. The van der Waals surface area contributed by atoms with Gasteiger partial charge in [0.2, 0.25) is 0 Å². The number of carbonyl (C=O) groups is 1. The van der Waals surface area contributed by atoms with E-state index < -0.39 is 0 Å². The lowest BCUT2D eigenvalue weighted by Gasteiger charge is -2.14. The van der Waals surface area contributed by atoms with Crippen LogP contribution in [0.3, 0.4) is 0 Å². The summed E-state index contributed by atoms with van der Waals surface area (Å²) in [6, 6.07) is 4.22. The molecule has 1 amide bonds. The average molecular weight is 292 g/mol. The van der Waals surface area contributed by atoms with E-state index in [-0.39, 0.29) is 12.5 Å². The standard InChI is InChI=1S/C17H28N2O2/c1-6-18-10-15-7-13(4)17(14(5)8-15)21-11-16(20)19-9-12(2)3/h7-8,12,18H,6,9-11H2,1-5H3,(H,19,20). The molecule has 0 aliphatic carbocycles. The van der Waals surface area contributed by atoms with Gasteiger partial charge in [0.15, 0.2) is 6.61 Å². The Kier molecular flexibility index (Phi) is 7.23. The fourth-order valence-electron chi connectivity index (χ4n) is 2.15. The Hall–Kier alpha value is -1.55.